The number of aryl methyl sites for hydroxylation is 1. The molecular formula is C12H10Cl3N3. The Morgan fingerprint density at radius 3 is 2.72 bits per heavy atom. The van der Waals surface area contributed by atoms with Crippen LogP contribution < -0.4 is 5.32 Å². The molecule has 0 amide bonds. The molecule has 0 saturated heterocycles. The number of aromatic nitrogens is 2. The highest BCUT2D eigenvalue weighted by Crippen LogP contribution is 2.29. The first-order valence-corrected chi connectivity index (χ1v) is 6.36. The molecule has 2 rings (SSSR count). The van der Waals surface area contributed by atoms with Gasteiger partial charge in [0.15, 0.2) is 0 Å². The highest BCUT2D eigenvalue weighted by atomic mass is 35.5. The first kappa shape index (κ1) is 13.4. The van der Waals surface area contributed by atoms with Crippen molar-refractivity contribution in [1.82, 2.24) is 9.97 Å². The molecule has 0 atom stereocenters. The van der Waals surface area contributed by atoms with E-state index in [-0.39, 0.29) is 5.15 Å². The third-order valence-electron chi connectivity index (χ3n) is 2.47. The monoisotopic (exact) mass is 301 g/mol. The van der Waals surface area contributed by atoms with Crippen LogP contribution in [-0.2, 0) is 6.54 Å². The lowest BCUT2D eigenvalue weighted by Crippen LogP contribution is -2.04. The Morgan fingerprint density at radius 1 is 1.22 bits per heavy atom. The van der Waals surface area contributed by atoms with Crippen LogP contribution in [0.1, 0.15) is 11.1 Å². The van der Waals surface area contributed by atoms with Crippen molar-refractivity contribution in [3.05, 3.63) is 50.9 Å². The molecule has 0 spiro atoms. The first-order valence-electron chi connectivity index (χ1n) is 5.23. The van der Waals surface area contributed by atoms with E-state index in [1.54, 1.807) is 18.5 Å². The molecule has 3 nitrogen and oxygen atoms in total. The van der Waals surface area contributed by atoms with Crippen molar-refractivity contribution in [2.75, 3.05) is 5.32 Å². The number of nitrogens with zero attached hydrogens (tertiary/aromatic N) is 2. The van der Waals surface area contributed by atoms with Crippen LogP contribution in [0.3, 0.4) is 0 Å². The van der Waals surface area contributed by atoms with Gasteiger partial charge in [-0.2, -0.15) is 0 Å². The third-order valence-corrected chi connectivity index (χ3v) is 3.43. The smallest absolute Gasteiger partial charge is 0.150 e. The highest BCUT2D eigenvalue weighted by Gasteiger charge is 2.07. The normalized spacial score (nSPS) is 10.4. The molecule has 2 aromatic rings. The van der Waals surface area contributed by atoms with E-state index < -0.39 is 0 Å². The van der Waals surface area contributed by atoms with Crippen LogP contribution in [0.25, 0.3) is 0 Å². The van der Waals surface area contributed by atoms with Gasteiger partial charge in [0.2, 0.25) is 0 Å². The van der Waals surface area contributed by atoms with Gasteiger partial charge in [-0.15, -0.1) is 0 Å². The van der Waals surface area contributed by atoms with E-state index in [2.05, 4.69) is 15.3 Å². The van der Waals surface area contributed by atoms with E-state index in [0.29, 0.717) is 22.4 Å². The number of nitrogens with one attached hydrogen (secondary N) is 1. The topological polar surface area (TPSA) is 37.8 Å². The SMILES string of the molecule is Cc1cnccc1CNc1nc(Cl)c(Cl)cc1Cl. The first-order chi connectivity index (χ1) is 8.58. The van der Waals surface area contributed by atoms with Gasteiger partial charge in [0.05, 0.1) is 10.0 Å². The maximum Gasteiger partial charge on any atom is 0.150 e. The summed E-state index contributed by atoms with van der Waals surface area (Å²) in [5.74, 6) is 0.516. The summed E-state index contributed by atoms with van der Waals surface area (Å²) in [4.78, 5) is 8.13. The van der Waals surface area contributed by atoms with Crippen LogP contribution in [0.5, 0.6) is 0 Å². The number of anilines is 1. The van der Waals surface area contributed by atoms with E-state index in [1.165, 1.54) is 0 Å². The minimum atomic E-state index is 0.231. The highest BCUT2D eigenvalue weighted by molar-refractivity contribution is 6.42. The van der Waals surface area contributed by atoms with E-state index >= 15 is 0 Å². The van der Waals surface area contributed by atoms with Crippen LogP contribution in [0, 0.1) is 6.92 Å². The average molecular weight is 303 g/mol. The van der Waals surface area contributed by atoms with Gasteiger partial charge in [-0.25, -0.2) is 4.98 Å². The Kier molecular flexibility index (Phi) is 4.27. The van der Waals surface area contributed by atoms with Gasteiger partial charge < -0.3 is 5.32 Å². The summed E-state index contributed by atoms with van der Waals surface area (Å²) in [6, 6.07) is 3.51. The Labute approximate surface area is 120 Å². The molecule has 2 heterocycles. The van der Waals surface area contributed by atoms with E-state index in [1.807, 2.05) is 13.0 Å². The van der Waals surface area contributed by atoms with Gasteiger partial charge in [-0.05, 0) is 30.2 Å². The summed E-state index contributed by atoms with van der Waals surface area (Å²) in [7, 11) is 0. The second-order valence-corrected chi connectivity index (χ2v) is 4.92. The minimum Gasteiger partial charge on any atom is -0.365 e. The van der Waals surface area contributed by atoms with Gasteiger partial charge in [-0.3, -0.25) is 4.98 Å². The van der Waals surface area contributed by atoms with Gasteiger partial charge in [0.25, 0.3) is 0 Å². The lowest BCUT2D eigenvalue weighted by molar-refractivity contribution is 1.07. The maximum atomic E-state index is 6.03. The number of hydrogen-bond acceptors (Lipinski definition) is 3. The molecule has 1 N–H and O–H groups in total. The maximum absolute atomic E-state index is 6.03. The number of halogens is 3. The van der Waals surface area contributed by atoms with Crippen LogP contribution in [-0.4, -0.2) is 9.97 Å². The van der Waals surface area contributed by atoms with Crippen LogP contribution in [0.2, 0.25) is 15.2 Å². The van der Waals surface area contributed by atoms with Crippen molar-refractivity contribution >= 4 is 40.6 Å². The fraction of sp³-hybridized carbons (Fsp3) is 0.167. The lowest BCUT2D eigenvalue weighted by Gasteiger charge is -2.10. The molecule has 0 radical (unpaired) electrons. The molecule has 0 unspecified atom stereocenters. The standard InChI is InChI=1S/C12H10Cl3N3/c1-7-5-16-3-2-8(7)6-17-12-10(14)4-9(13)11(15)18-12/h2-5H,6H2,1H3,(H,17,18). The number of hydrogen-bond donors (Lipinski definition) is 1. The third kappa shape index (κ3) is 3.05. The molecule has 0 bridgehead atoms. The quantitative estimate of drug-likeness (QED) is 0.856. The number of rotatable bonds is 3. The lowest BCUT2D eigenvalue weighted by atomic mass is 10.1. The van der Waals surface area contributed by atoms with E-state index in [9.17, 15) is 0 Å². The fourth-order valence-electron chi connectivity index (χ4n) is 1.45. The molecule has 2 aromatic heterocycles. The van der Waals surface area contributed by atoms with E-state index in [0.717, 1.165) is 11.1 Å². The zero-order valence-corrected chi connectivity index (χ0v) is 11.8. The van der Waals surface area contributed by atoms with Gasteiger partial charge >= 0.3 is 0 Å². The summed E-state index contributed by atoms with van der Waals surface area (Å²) in [6.07, 6.45) is 3.55. The van der Waals surface area contributed by atoms with Gasteiger partial charge in [0.1, 0.15) is 11.0 Å². The summed E-state index contributed by atoms with van der Waals surface area (Å²) < 4.78 is 0. The summed E-state index contributed by atoms with van der Waals surface area (Å²) >= 11 is 17.7. The van der Waals surface area contributed by atoms with Crippen molar-refractivity contribution in [3.8, 4) is 0 Å². The molecule has 0 saturated carbocycles. The predicted molar refractivity (Wildman–Crippen MR) is 75.6 cm³/mol. The molecule has 0 aliphatic heterocycles. The molecule has 0 aliphatic carbocycles. The molecular weight excluding hydrogens is 293 g/mol. The van der Waals surface area contributed by atoms with Gasteiger partial charge in [-0.1, -0.05) is 34.8 Å². The van der Waals surface area contributed by atoms with Crippen molar-refractivity contribution in [3.63, 3.8) is 0 Å². The van der Waals surface area contributed by atoms with Crippen LogP contribution in [0.4, 0.5) is 5.82 Å². The molecule has 6 heteroatoms. The Hall–Kier alpha value is -1.03. The van der Waals surface area contributed by atoms with Gasteiger partial charge in [0, 0.05) is 18.9 Å². The molecule has 18 heavy (non-hydrogen) atoms. The summed E-state index contributed by atoms with van der Waals surface area (Å²) in [5, 5.41) is 4.14. The minimum absolute atomic E-state index is 0.231. The number of pyridine rings is 2. The Bertz CT molecular complexity index is 572. The van der Waals surface area contributed by atoms with Crippen molar-refractivity contribution in [2.24, 2.45) is 0 Å². The average Bonchev–Trinajstić information content (AvgIpc) is 2.34. The van der Waals surface area contributed by atoms with Crippen molar-refractivity contribution < 1.29 is 0 Å². The second kappa shape index (κ2) is 5.74. The predicted octanol–water partition coefficient (Wildman–Crippen LogP) is 4.36. The Balaban J connectivity index is 2.16. The van der Waals surface area contributed by atoms with Crippen molar-refractivity contribution in [2.45, 2.75) is 13.5 Å². The van der Waals surface area contributed by atoms with Crippen LogP contribution in [0.15, 0.2) is 24.5 Å². The molecule has 0 aromatic carbocycles. The van der Waals surface area contributed by atoms with Crippen molar-refractivity contribution in [1.29, 1.82) is 0 Å². The van der Waals surface area contributed by atoms with E-state index in [4.69, 9.17) is 34.8 Å². The summed E-state index contributed by atoms with van der Waals surface area (Å²) in [6.45, 7) is 2.59. The molecule has 0 aliphatic rings. The molecule has 94 valence electrons. The fourth-order valence-corrected chi connectivity index (χ4v) is 2.01. The largest absolute Gasteiger partial charge is 0.365 e. The van der Waals surface area contributed by atoms with Crippen LogP contribution >= 0.6 is 34.8 Å². The summed E-state index contributed by atoms with van der Waals surface area (Å²) in [5.41, 5.74) is 2.22. The second-order valence-electron chi connectivity index (χ2n) is 3.75. The zero-order chi connectivity index (χ0) is 13.1. The molecule has 0 fully saturated rings. The Morgan fingerprint density at radius 2 is 2.00 bits per heavy atom. The zero-order valence-electron chi connectivity index (χ0n) is 9.54.